The summed E-state index contributed by atoms with van der Waals surface area (Å²) in [5.74, 6) is 2.36. The fourth-order valence-corrected chi connectivity index (χ4v) is 3.93. The second-order valence-corrected chi connectivity index (χ2v) is 7.71. The molecule has 2 unspecified atom stereocenters. The summed E-state index contributed by atoms with van der Waals surface area (Å²) in [6, 6.07) is 17.1. The van der Waals surface area contributed by atoms with Crippen molar-refractivity contribution in [3.8, 4) is 23.0 Å². The van der Waals surface area contributed by atoms with Crippen LogP contribution in [0.15, 0.2) is 59.0 Å². The molecule has 1 aromatic heterocycles. The first-order valence-corrected chi connectivity index (χ1v) is 10.5. The van der Waals surface area contributed by atoms with Crippen LogP contribution in [0.1, 0.15) is 18.9 Å². The quantitative estimate of drug-likeness (QED) is 0.642. The molecule has 1 fully saturated rings. The lowest BCUT2D eigenvalue weighted by atomic mass is 10.2. The average molecular weight is 420 g/mol. The molecule has 3 aromatic rings. The van der Waals surface area contributed by atoms with Crippen molar-refractivity contribution < 1.29 is 18.7 Å². The zero-order valence-corrected chi connectivity index (χ0v) is 17.3. The van der Waals surface area contributed by atoms with Crippen LogP contribution in [0.25, 0.3) is 11.5 Å². The first-order valence-electron chi connectivity index (χ1n) is 10.5. The molecule has 1 amide bonds. The van der Waals surface area contributed by atoms with Crippen LogP contribution in [0.5, 0.6) is 11.5 Å². The monoisotopic (exact) mass is 420 g/mol. The van der Waals surface area contributed by atoms with Gasteiger partial charge in [0.15, 0.2) is 11.5 Å². The summed E-state index contributed by atoms with van der Waals surface area (Å²) in [7, 11) is 0. The lowest BCUT2D eigenvalue weighted by Gasteiger charge is -2.38. The number of carbonyl (C=O) groups excluding carboxylic acids is 1. The van der Waals surface area contributed by atoms with E-state index in [9.17, 15) is 4.79 Å². The minimum Gasteiger partial charge on any atom is -0.485 e. The summed E-state index contributed by atoms with van der Waals surface area (Å²) >= 11 is 0. The van der Waals surface area contributed by atoms with E-state index in [1.807, 2.05) is 59.5 Å². The predicted molar refractivity (Wildman–Crippen MR) is 113 cm³/mol. The molecule has 2 aromatic carbocycles. The van der Waals surface area contributed by atoms with Crippen LogP contribution in [0, 0.1) is 0 Å². The number of benzene rings is 2. The summed E-state index contributed by atoms with van der Waals surface area (Å²) < 4.78 is 17.5. The van der Waals surface area contributed by atoms with Crippen molar-refractivity contribution in [3.05, 3.63) is 60.5 Å². The third-order valence-electron chi connectivity index (χ3n) is 5.78. The Balaban J connectivity index is 1.18. The van der Waals surface area contributed by atoms with E-state index >= 15 is 0 Å². The van der Waals surface area contributed by atoms with E-state index in [2.05, 4.69) is 22.0 Å². The highest BCUT2D eigenvalue weighted by Gasteiger charge is 2.34. The van der Waals surface area contributed by atoms with Crippen LogP contribution in [-0.4, -0.2) is 64.8 Å². The third kappa shape index (κ3) is 3.98. The lowest BCUT2D eigenvalue weighted by molar-refractivity contribution is -0.143. The normalized spacial score (nSPS) is 19.8. The Morgan fingerprint density at radius 1 is 0.968 bits per heavy atom. The van der Waals surface area contributed by atoms with E-state index in [0.717, 1.165) is 18.7 Å². The Hall–Kier alpha value is -3.39. The number of rotatable bonds is 4. The Kier molecular flexibility index (Phi) is 5.30. The minimum absolute atomic E-state index is 0.0247. The van der Waals surface area contributed by atoms with Gasteiger partial charge in [0.1, 0.15) is 6.61 Å². The standard InChI is InChI=1S/C23H24N4O4/c1-16(21-24-25-22(31-21)17-7-3-2-4-8-17)26-11-13-27(14-12-26)23(28)20-15-29-18-9-5-6-10-19(18)30-20/h2-10,16,20H,11-15H2,1H3. The number of hydrogen-bond donors (Lipinski definition) is 0. The van der Waals surface area contributed by atoms with Gasteiger partial charge < -0.3 is 18.8 Å². The van der Waals surface area contributed by atoms with Gasteiger partial charge in [-0.2, -0.15) is 0 Å². The van der Waals surface area contributed by atoms with Crippen LogP contribution in [-0.2, 0) is 4.79 Å². The zero-order valence-electron chi connectivity index (χ0n) is 17.3. The first-order chi connectivity index (χ1) is 15.2. The Bertz CT molecular complexity index is 1050. The van der Waals surface area contributed by atoms with E-state index in [0.29, 0.717) is 36.4 Å². The van der Waals surface area contributed by atoms with E-state index < -0.39 is 6.10 Å². The summed E-state index contributed by atoms with van der Waals surface area (Å²) in [6.07, 6.45) is -0.608. The number of ether oxygens (including phenoxy) is 2. The fraction of sp³-hybridized carbons (Fsp3) is 0.348. The molecule has 0 radical (unpaired) electrons. The maximum absolute atomic E-state index is 12.9. The zero-order chi connectivity index (χ0) is 21.2. The highest BCUT2D eigenvalue weighted by molar-refractivity contribution is 5.82. The maximum atomic E-state index is 12.9. The van der Waals surface area contributed by atoms with Crippen LogP contribution >= 0.6 is 0 Å². The molecule has 5 rings (SSSR count). The molecule has 160 valence electrons. The largest absolute Gasteiger partial charge is 0.485 e. The summed E-state index contributed by atoms with van der Waals surface area (Å²) in [5.41, 5.74) is 0.903. The van der Waals surface area contributed by atoms with Gasteiger partial charge in [0, 0.05) is 31.7 Å². The van der Waals surface area contributed by atoms with Crippen molar-refractivity contribution in [2.24, 2.45) is 0 Å². The van der Waals surface area contributed by atoms with Gasteiger partial charge in [0.05, 0.1) is 6.04 Å². The molecule has 2 aliphatic rings. The summed E-state index contributed by atoms with van der Waals surface area (Å²) in [6.45, 7) is 4.96. The smallest absolute Gasteiger partial charge is 0.267 e. The average Bonchev–Trinajstić information content (AvgIpc) is 3.34. The number of piperazine rings is 1. The van der Waals surface area contributed by atoms with Gasteiger partial charge in [-0.25, -0.2) is 0 Å². The Morgan fingerprint density at radius 2 is 1.68 bits per heavy atom. The SMILES string of the molecule is CC(c1nnc(-c2ccccc2)o1)N1CCN(C(=O)C2COc3ccccc3O2)CC1. The fourth-order valence-electron chi connectivity index (χ4n) is 3.93. The van der Waals surface area contributed by atoms with Gasteiger partial charge in [-0.3, -0.25) is 9.69 Å². The van der Waals surface area contributed by atoms with Gasteiger partial charge in [-0.15, -0.1) is 10.2 Å². The number of aromatic nitrogens is 2. The molecule has 0 N–H and O–H groups in total. The Labute approximate surface area is 180 Å². The molecule has 8 nitrogen and oxygen atoms in total. The molecule has 8 heteroatoms. The lowest BCUT2D eigenvalue weighted by Crippen LogP contribution is -2.54. The minimum atomic E-state index is -0.608. The number of hydrogen-bond acceptors (Lipinski definition) is 7. The first kappa shape index (κ1) is 19.6. The molecule has 0 aliphatic carbocycles. The topological polar surface area (TPSA) is 80.9 Å². The molecule has 2 aliphatic heterocycles. The van der Waals surface area contributed by atoms with Crippen molar-refractivity contribution in [3.63, 3.8) is 0 Å². The highest BCUT2D eigenvalue weighted by atomic mass is 16.6. The highest BCUT2D eigenvalue weighted by Crippen LogP contribution is 2.31. The number of nitrogens with zero attached hydrogens (tertiary/aromatic N) is 4. The van der Waals surface area contributed by atoms with Crippen molar-refractivity contribution in [1.29, 1.82) is 0 Å². The summed E-state index contributed by atoms with van der Waals surface area (Å²) in [5, 5.41) is 8.43. The van der Waals surface area contributed by atoms with Crippen molar-refractivity contribution in [1.82, 2.24) is 20.0 Å². The van der Waals surface area contributed by atoms with Gasteiger partial charge in [-0.1, -0.05) is 30.3 Å². The maximum Gasteiger partial charge on any atom is 0.267 e. The predicted octanol–water partition coefficient (Wildman–Crippen LogP) is 2.78. The summed E-state index contributed by atoms with van der Waals surface area (Å²) in [4.78, 5) is 17.0. The van der Waals surface area contributed by atoms with E-state index in [1.165, 1.54) is 0 Å². The molecular weight excluding hydrogens is 396 g/mol. The van der Waals surface area contributed by atoms with Gasteiger partial charge in [0.2, 0.25) is 17.9 Å². The van der Waals surface area contributed by atoms with Gasteiger partial charge >= 0.3 is 0 Å². The molecule has 0 saturated carbocycles. The van der Waals surface area contributed by atoms with Crippen LogP contribution < -0.4 is 9.47 Å². The van der Waals surface area contributed by atoms with E-state index in [-0.39, 0.29) is 18.6 Å². The number of carbonyl (C=O) groups is 1. The van der Waals surface area contributed by atoms with Crippen molar-refractivity contribution in [2.75, 3.05) is 32.8 Å². The van der Waals surface area contributed by atoms with Gasteiger partial charge in [0.25, 0.3) is 5.91 Å². The molecule has 31 heavy (non-hydrogen) atoms. The molecule has 2 atom stereocenters. The number of para-hydroxylation sites is 2. The van der Waals surface area contributed by atoms with E-state index in [1.54, 1.807) is 0 Å². The molecule has 1 saturated heterocycles. The second-order valence-electron chi connectivity index (χ2n) is 7.71. The van der Waals surface area contributed by atoms with E-state index in [4.69, 9.17) is 13.9 Å². The number of amides is 1. The van der Waals surface area contributed by atoms with Gasteiger partial charge in [-0.05, 0) is 31.2 Å². The third-order valence-corrected chi connectivity index (χ3v) is 5.78. The Morgan fingerprint density at radius 3 is 2.45 bits per heavy atom. The molecule has 3 heterocycles. The van der Waals surface area contributed by atoms with Crippen LogP contribution in [0.4, 0.5) is 0 Å². The second kappa shape index (κ2) is 8.39. The van der Waals surface area contributed by atoms with Crippen LogP contribution in [0.3, 0.4) is 0 Å². The van der Waals surface area contributed by atoms with Crippen molar-refractivity contribution in [2.45, 2.75) is 19.1 Å². The number of fused-ring (bicyclic) bond motifs is 1. The van der Waals surface area contributed by atoms with Crippen molar-refractivity contribution >= 4 is 5.91 Å². The van der Waals surface area contributed by atoms with Crippen LogP contribution in [0.2, 0.25) is 0 Å². The molecule has 0 spiro atoms. The molecule has 0 bridgehead atoms. The molecular formula is C23H24N4O4.